The van der Waals surface area contributed by atoms with E-state index in [0.717, 1.165) is 10.9 Å². The molecule has 2 aromatic carbocycles. The molecule has 5 rings (SSSR count). The van der Waals surface area contributed by atoms with Crippen molar-refractivity contribution in [3.8, 4) is 6.07 Å². The Kier molecular flexibility index (Phi) is 8.39. The monoisotopic (exact) mass is 643 g/mol. The number of hydrogen-bond donors (Lipinski definition) is 2. The molecule has 1 atom stereocenters. The summed E-state index contributed by atoms with van der Waals surface area (Å²) >= 11 is 6.64. The zero-order valence-electron chi connectivity index (χ0n) is 24.9. The van der Waals surface area contributed by atoms with Crippen LogP contribution in [0.1, 0.15) is 73.8 Å². The number of anilines is 2. The van der Waals surface area contributed by atoms with E-state index in [-0.39, 0.29) is 52.3 Å². The van der Waals surface area contributed by atoms with E-state index >= 15 is 4.39 Å². The van der Waals surface area contributed by atoms with Crippen LogP contribution in [0.4, 0.5) is 28.9 Å². The summed E-state index contributed by atoms with van der Waals surface area (Å²) in [5.74, 6) is -1.83. The average Bonchev–Trinajstić information content (AvgIpc) is 3.66. The number of pyridine rings is 1. The minimum absolute atomic E-state index is 0.0118. The molecule has 45 heavy (non-hydrogen) atoms. The number of nitrogens with zero attached hydrogens (tertiary/aromatic N) is 5. The summed E-state index contributed by atoms with van der Waals surface area (Å²) in [6.45, 7) is 8.17. The van der Waals surface area contributed by atoms with Crippen molar-refractivity contribution >= 4 is 39.8 Å². The van der Waals surface area contributed by atoms with Crippen LogP contribution in [0.25, 0.3) is 10.9 Å². The number of benzene rings is 2. The lowest BCUT2D eigenvalue weighted by atomic mass is 9.96. The van der Waals surface area contributed by atoms with Crippen molar-refractivity contribution in [3.05, 3.63) is 75.9 Å². The van der Waals surface area contributed by atoms with Crippen LogP contribution < -0.4 is 10.6 Å². The number of halogens is 5. The number of nitriles is 1. The Morgan fingerprint density at radius 3 is 2.60 bits per heavy atom. The number of alkyl halides is 3. The molecule has 0 saturated heterocycles. The molecule has 0 radical (unpaired) electrons. The van der Waals surface area contributed by atoms with Crippen LogP contribution in [0.2, 0.25) is 5.02 Å². The molecule has 0 bridgehead atoms. The predicted molar refractivity (Wildman–Crippen MR) is 161 cm³/mol. The normalized spacial score (nSPS) is 14.9. The van der Waals surface area contributed by atoms with Crippen molar-refractivity contribution in [1.82, 2.24) is 20.0 Å². The Hall–Kier alpha value is -4.44. The van der Waals surface area contributed by atoms with Gasteiger partial charge in [-0.2, -0.15) is 18.4 Å². The van der Waals surface area contributed by atoms with Crippen LogP contribution in [0.15, 0.2) is 42.7 Å². The third-order valence-corrected chi connectivity index (χ3v) is 7.77. The molecule has 236 valence electrons. The molecule has 9 nitrogen and oxygen atoms in total. The molecular formula is C31H30ClF4N7O2. The number of rotatable bonds is 9. The Morgan fingerprint density at radius 1 is 1.24 bits per heavy atom. The van der Waals surface area contributed by atoms with Crippen LogP contribution in [0.5, 0.6) is 0 Å². The Labute approximate surface area is 261 Å². The van der Waals surface area contributed by atoms with Gasteiger partial charge < -0.3 is 15.4 Å². The molecule has 1 aliphatic rings. The highest BCUT2D eigenvalue weighted by atomic mass is 35.5. The van der Waals surface area contributed by atoms with E-state index < -0.39 is 29.5 Å². The Balaban J connectivity index is 1.64. The minimum atomic E-state index is -4.57. The van der Waals surface area contributed by atoms with E-state index in [2.05, 4.69) is 32.0 Å². The number of nitrogens with one attached hydrogen (secondary N) is 2. The molecular weight excluding hydrogens is 614 g/mol. The second kappa shape index (κ2) is 11.8. The van der Waals surface area contributed by atoms with Gasteiger partial charge in [0, 0.05) is 29.4 Å². The number of esters is 1. The molecule has 4 aromatic rings. The molecule has 0 amide bonds. The van der Waals surface area contributed by atoms with Gasteiger partial charge in [-0.3, -0.25) is 4.98 Å². The molecule has 0 aliphatic heterocycles. The van der Waals surface area contributed by atoms with Gasteiger partial charge in [0.15, 0.2) is 5.54 Å². The average molecular weight is 644 g/mol. The summed E-state index contributed by atoms with van der Waals surface area (Å²) in [4.78, 5) is 16.9. The fourth-order valence-corrected chi connectivity index (χ4v) is 5.24. The second-order valence-electron chi connectivity index (χ2n) is 12.1. The molecule has 1 saturated carbocycles. The van der Waals surface area contributed by atoms with Crippen molar-refractivity contribution in [2.75, 3.05) is 23.8 Å². The van der Waals surface area contributed by atoms with Crippen LogP contribution in [-0.2, 0) is 10.3 Å². The fourth-order valence-electron chi connectivity index (χ4n) is 4.97. The number of aromatic nitrogens is 4. The maximum Gasteiger partial charge on any atom is 0.413 e. The van der Waals surface area contributed by atoms with Crippen molar-refractivity contribution in [2.24, 2.45) is 5.41 Å². The maximum absolute atomic E-state index is 16.0. The van der Waals surface area contributed by atoms with E-state index in [1.807, 2.05) is 20.8 Å². The summed E-state index contributed by atoms with van der Waals surface area (Å²) in [5, 5.41) is 24.7. The maximum atomic E-state index is 16.0. The summed E-state index contributed by atoms with van der Waals surface area (Å²) < 4.78 is 63.4. The summed E-state index contributed by atoms with van der Waals surface area (Å²) in [5.41, 5.74) is -1.32. The fraction of sp³-hybridized carbons (Fsp3) is 0.387. The molecule has 0 spiro atoms. The third kappa shape index (κ3) is 6.24. The van der Waals surface area contributed by atoms with Crippen LogP contribution >= 0.6 is 11.6 Å². The molecule has 1 aliphatic carbocycles. The van der Waals surface area contributed by atoms with E-state index in [9.17, 15) is 23.2 Å². The summed E-state index contributed by atoms with van der Waals surface area (Å²) in [6, 6.07) is 8.17. The first-order valence-electron chi connectivity index (χ1n) is 14.2. The SMILES string of the molecule is CCOC(=O)c1cccc([C@H](Nc2cc(Cl)c3ncc(C#N)c(NCC(C)(C)C)c3c2)c2cn(C3(C(F)(F)F)CC3)nn2)c1F. The number of hydrogen-bond acceptors (Lipinski definition) is 8. The molecule has 2 heterocycles. The van der Waals surface area contributed by atoms with Crippen LogP contribution in [-0.4, -0.2) is 45.3 Å². The smallest absolute Gasteiger partial charge is 0.413 e. The summed E-state index contributed by atoms with van der Waals surface area (Å²) in [7, 11) is 0. The number of ether oxygens (including phenoxy) is 1. The van der Waals surface area contributed by atoms with E-state index in [4.69, 9.17) is 16.3 Å². The number of carbonyl (C=O) groups excluding carboxylic acids is 1. The lowest BCUT2D eigenvalue weighted by Crippen LogP contribution is -2.35. The van der Waals surface area contributed by atoms with Crippen LogP contribution in [0.3, 0.4) is 0 Å². The number of fused-ring (bicyclic) bond motifs is 1. The van der Waals surface area contributed by atoms with Gasteiger partial charge in [-0.1, -0.05) is 49.7 Å². The topological polar surface area (TPSA) is 118 Å². The second-order valence-corrected chi connectivity index (χ2v) is 12.5. The standard InChI is InChI=1S/C31H30ClF4N7O2/c1-5-45-28(44)20-8-6-7-19(24(20)33)27(23-15-43(42-41-23)30(9-10-30)31(34,35)36)40-18-11-21-25(39-16-29(2,3)4)17(13-37)14-38-26(21)22(32)12-18/h6-8,11-12,14-15,27,40H,5,9-10,16H2,1-4H3,(H,38,39)/t27-/m0/s1. The van der Waals surface area contributed by atoms with Crippen molar-refractivity contribution in [2.45, 2.75) is 58.3 Å². The molecule has 0 unspecified atom stereocenters. The van der Waals surface area contributed by atoms with Crippen molar-refractivity contribution in [3.63, 3.8) is 0 Å². The van der Waals surface area contributed by atoms with Crippen LogP contribution in [0, 0.1) is 22.6 Å². The lowest BCUT2D eigenvalue weighted by Gasteiger charge is -2.23. The molecule has 2 aromatic heterocycles. The van der Waals surface area contributed by atoms with E-state index in [1.54, 1.807) is 13.0 Å². The zero-order valence-corrected chi connectivity index (χ0v) is 25.6. The molecule has 1 fully saturated rings. The lowest BCUT2D eigenvalue weighted by molar-refractivity contribution is -0.183. The van der Waals surface area contributed by atoms with Crippen molar-refractivity contribution < 1.29 is 27.1 Å². The highest BCUT2D eigenvalue weighted by Crippen LogP contribution is 2.55. The predicted octanol–water partition coefficient (Wildman–Crippen LogP) is 7.38. The zero-order chi connectivity index (χ0) is 32.7. The summed E-state index contributed by atoms with van der Waals surface area (Å²) in [6.07, 6.45) is -2.35. The Morgan fingerprint density at radius 2 is 1.98 bits per heavy atom. The number of carbonyl (C=O) groups is 1. The van der Waals surface area contributed by atoms with E-state index in [0.29, 0.717) is 28.8 Å². The third-order valence-electron chi connectivity index (χ3n) is 7.48. The largest absolute Gasteiger partial charge is 0.462 e. The molecule has 14 heteroatoms. The first-order chi connectivity index (χ1) is 21.2. The molecule has 2 N–H and O–H groups in total. The highest BCUT2D eigenvalue weighted by Gasteiger charge is 2.66. The quantitative estimate of drug-likeness (QED) is 0.143. The van der Waals surface area contributed by atoms with Gasteiger partial charge in [0.2, 0.25) is 0 Å². The first kappa shape index (κ1) is 32.0. The first-order valence-corrected chi connectivity index (χ1v) is 14.5. The van der Waals surface area contributed by atoms with Gasteiger partial charge in [0.25, 0.3) is 0 Å². The van der Waals surface area contributed by atoms with Gasteiger partial charge in [0.1, 0.15) is 23.6 Å². The van der Waals surface area contributed by atoms with Gasteiger partial charge in [-0.25, -0.2) is 13.9 Å². The van der Waals surface area contributed by atoms with Crippen molar-refractivity contribution in [1.29, 1.82) is 5.26 Å². The Bertz CT molecular complexity index is 1810. The minimum Gasteiger partial charge on any atom is -0.462 e. The van der Waals surface area contributed by atoms with E-state index in [1.165, 1.54) is 30.5 Å². The van der Waals surface area contributed by atoms with Gasteiger partial charge in [-0.05, 0) is 43.4 Å². The van der Waals surface area contributed by atoms with Gasteiger partial charge >= 0.3 is 12.1 Å². The van der Waals surface area contributed by atoms with Gasteiger partial charge in [-0.15, -0.1) is 5.10 Å². The highest BCUT2D eigenvalue weighted by molar-refractivity contribution is 6.35. The van der Waals surface area contributed by atoms with Gasteiger partial charge in [0.05, 0.1) is 40.2 Å².